The molecule has 0 aliphatic heterocycles. The molecule has 0 aromatic carbocycles. The fourth-order valence-corrected chi connectivity index (χ4v) is 0. The summed E-state index contributed by atoms with van der Waals surface area (Å²) in [5.74, 6) is 8.00. The van der Waals surface area contributed by atoms with Gasteiger partial charge in [-0.3, -0.25) is 20.8 Å². The van der Waals surface area contributed by atoms with Gasteiger partial charge in [-0.25, -0.2) is 0 Å². The Morgan fingerprint density at radius 2 is 1.25 bits per heavy atom. The topological polar surface area (TPSA) is 127 Å². The van der Waals surface area contributed by atoms with E-state index in [2.05, 4.69) is 11.7 Å². The molecule has 0 rings (SSSR count). The van der Waals surface area contributed by atoms with Crippen molar-refractivity contribution in [3.05, 3.63) is 0 Å². The first-order valence-electron chi connectivity index (χ1n) is 1.03. The summed E-state index contributed by atoms with van der Waals surface area (Å²) in [5.41, 5.74) is 0. The van der Waals surface area contributed by atoms with Crippen LogP contribution in [-0.2, 0) is 10.4 Å². The van der Waals surface area contributed by atoms with Crippen molar-refractivity contribution < 1.29 is 20.4 Å². The van der Waals surface area contributed by atoms with E-state index in [4.69, 9.17) is 17.5 Å². The monoisotopic (exact) mass is 156 g/mol. The van der Waals surface area contributed by atoms with E-state index >= 15 is 0 Å². The molecule has 8 heteroatoms. The number of nitrogens with two attached hydrogens (primary N) is 2. The van der Waals surface area contributed by atoms with Crippen LogP contribution in [0.25, 0.3) is 0 Å². The number of hydrogen-bond donors (Lipinski definition) is 4. The van der Waals surface area contributed by atoms with Crippen LogP contribution in [0.15, 0.2) is 0 Å². The van der Waals surface area contributed by atoms with Crippen LogP contribution < -0.4 is 11.7 Å². The molecule has 0 atom stereocenters. The quantitative estimate of drug-likeness (QED) is 0.139. The van der Waals surface area contributed by atoms with Crippen LogP contribution in [-0.4, -0.2) is 40.6 Å². The maximum Gasteiger partial charge on any atom is 2.00 e. The van der Waals surface area contributed by atoms with Gasteiger partial charge in [-0.2, -0.15) is 8.42 Å². The Kier molecular flexibility index (Phi) is 14.9. The van der Waals surface area contributed by atoms with E-state index in [1.807, 2.05) is 0 Å². The van der Waals surface area contributed by atoms with E-state index in [-0.39, 0.29) is 25.9 Å². The summed E-state index contributed by atoms with van der Waals surface area (Å²) in [6.07, 6.45) is 0. The van der Waals surface area contributed by atoms with Gasteiger partial charge in [-0.15, -0.1) is 0 Å². The Bertz CT molecular complexity index is 104. The van der Waals surface area contributed by atoms with E-state index < -0.39 is 10.4 Å². The van der Waals surface area contributed by atoms with Crippen LogP contribution in [0.2, 0.25) is 0 Å². The van der Waals surface area contributed by atoms with Gasteiger partial charge in [-0.1, -0.05) is 0 Å². The smallest absolute Gasteiger partial charge is 1.00 e. The molecule has 50 valence electrons. The average Bonchev–Trinajstić information content (AvgIpc) is 1.36. The molecule has 0 aromatic heterocycles. The van der Waals surface area contributed by atoms with Crippen molar-refractivity contribution in [2.45, 2.75) is 0 Å². The minimum absolute atomic E-state index is 0. The molecule has 0 amide bonds. The normalized spacial score (nSPS) is 8.00. The molecule has 0 saturated heterocycles. The summed E-state index contributed by atoms with van der Waals surface area (Å²) < 4.78 is 31.6. The van der Waals surface area contributed by atoms with Crippen LogP contribution in [0.5, 0.6) is 0 Å². The van der Waals surface area contributed by atoms with Gasteiger partial charge in [0, 0.05) is 0 Å². The first-order valence-corrected chi connectivity index (χ1v) is 2.43. The van der Waals surface area contributed by atoms with Crippen LogP contribution in [0.4, 0.5) is 0 Å². The van der Waals surface area contributed by atoms with Crippen molar-refractivity contribution in [2.75, 3.05) is 0 Å². The minimum Gasteiger partial charge on any atom is -1.00 e. The predicted octanol–water partition coefficient (Wildman–Crippen LogP) is -1.99. The van der Waals surface area contributed by atoms with Crippen LogP contribution in [0.3, 0.4) is 0 Å². The third kappa shape index (κ3) is 654. The third-order valence-corrected chi connectivity index (χ3v) is 0. The largest absolute Gasteiger partial charge is 2.00 e. The number of hydrazine groups is 1. The van der Waals surface area contributed by atoms with Crippen molar-refractivity contribution in [3.63, 3.8) is 0 Å². The van der Waals surface area contributed by atoms with Crippen LogP contribution in [0, 0.1) is 0 Å². The third-order valence-electron chi connectivity index (χ3n) is 0. The molecule has 6 N–H and O–H groups in total. The molecule has 0 fully saturated rings. The fraction of sp³-hybridized carbons (Fsp3) is 0. The van der Waals surface area contributed by atoms with Gasteiger partial charge in [0.2, 0.25) is 0 Å². The molecule has 0 aromatic rings. The molecular weight excluding hydrogens is 148 g/mol. The van der Waals surface area contributed by atoms with Crippen LogP contribution >= 0.6 is 0 Å². The standard InChI is InChI=1S/Mg.H4N2.H2O4S.2H/c;1-2;1-5(2,3)4;;/h;1-2H2;(H2,1,2,3,4);;/q+2;;;2*-1. The Morgan fingerprint density at radius 3 is 1.25 bits per heavy atom. The SMILES string of the molecule is NN.O=S(=O)(O)O.[H-].[H-].[Mg+2]. The van der Waals surface area contributed by atoms with Gasteiger partial charge in [0.15, 0.2) is 0 Å². The minimum atomic E-state index is -4.67. The van der Waals surface area contributed by atoms with Gasteiger partial charge in [0.25, 0.3) is 0 Å². The van der Waals surface area contributed by atoms with Gasteiger partial charge in [-0.05, 0) is 0 Å². The molecule has 0 heterocycles. The summed E-state index contributed by atoms with van der Waals surface area (Å²) in [6, 6.07) is 0. The Labute approximate surface area is 65.9 Å². The van der Waals surface area contributed by atoms with Gasteiger partial charge in [0.1, 0.15) is 0 Å². The zero-order chi connectivity index (χ0) is 6.50. The van der Waals surface area contributed by atoms with Gasteiger partial charge in [0.05, 0.1) is 0 Å². The second kappa shape index (κ2) is 7.56. The zero-order valence-electron chi connectivity index (χ0n) is 5.98. The van der Waals surface area contributed by atoms with Gasteiger partial charge >= 0.3 is 33.5 Å². The maximum atomic E-state index is 8.74. The van der Waals surface area contributed by atoms with E-state index in [0.29, 0.717) is 0 Å². The average molecular weight is 156 g/mol. The molecule has 8 heavy (non-hydrogen) atoms. The zero-order valence-corrected chi connectivity index (χ0v) is 6.21. The molecule has 0 aliphatic carbocycles. The summed E-state index contributed by atoms with van der Waals surface area (Å²) >= 11 is 0. The van der Waals surface area contributed by atoms with Crippen LogP contribution in [0.1, 0.15) is 2.85 Å². The number of hydrogen-bond acceptors (Lipinski definition) is 4. The molecule has 0 spiro atoms. The van der Waals surface area contributed by atoms with E-state index in [0.717, 1.165) is 0 Å². The second-order valence-corrected chi connectivity index (χ2v) is 1.34. The van der Waals surface area contributed by atoms with E-state index in [1.54, 1.807) is 0 Å². The summed E-state index contributed by atoms with van der Waals surface area (Å²) in [4.78, 5) is 0. The second-order valence-electron chi connectivity index (χ2n) is 0.448. The van der Waals surface area contributed by atoms with Crippen molar-refractivity contribution in [2.24, 2.45) is 11.7 Å². The van der Waals surface area contributed by atoms with Gasteiger partial charge < -0.3 is 2.85 Å². The molecule has 0 saturated carbocycles. The fourth-order valence-electron chi connectivity index (χ4n) is 0. The van der Waals surface area contributed by atoms with E-state index in [1.165, 1.54) is 0 Å². The number of rotatable bonds is 0. The molecule has 0 unspecified atom stereocenters. The van der Waals surface area contributed by atoms with Crippen molar-refractivity contribution >= 4 is 33.5 Å². The Morgan fingerprint density at radius 1 is 1.25 bits per heavy atom. The molecule has 6 nitrogen and oxygen atoms in total. The predicted molar refractivity (Wildman–Crippen MR) is 30.5 cm³/mol. The maximum absolute atomic E-state index is 8.74. The molecule has 0 bridgehead atoms. The Balaban J connectivity index is -0.0000000154. The van der Waals surface area contributed by atoms with Crippen molar-refractivity contribution in [1.82, 2.24) is 0 Å². The van der Waals surface area contributed by atoms with Crippen molar-refractivity contribution in [3.8, 4) is 0 Å². The first-order chi connectivity index (χ1) is 3.00. The summed E-state index contributed by atoms with van der Waals surface area (Å²) in [6.45, 7) is 0. The van der Waals surface area contributed by atoms with Crippen molar-refractivity contribution in [1.29, 1.82) is 0 Å². The molecule has 0 radical (unpaired) electrons. The Hall–Kier alpha value is 0.556. The summed E-state index contributed by atoms with van der Waals surface area (Å²) in [5, 5.41) is 0. The molecular formula is H8MgN2O4S. The molecule has 0 aliphatic rings. The first kappa shape index (κ1) is 15.8. The van der Waals surface area contributed by atoms with E-state index in [9.17, 15) is 0 Å². The summed E-state index contributed by atoms with van der Waals surface area (Å²) in [7, 11) is -4.67.